The van der Waals surface area contributed by atoms with Crippen LogP contribution in [0.2, 0.25) is 0 Å². The fourth-order valence-corrected chi connectivity index (χ4v) is 3.59. The van der Waals surface area contributed by atoms with Crippen molar-refractivity contribution in [3.63, 3.8) is 0 Å². The number of halogens is 1. The summed E-state index contributed by atoms with van der Waals surface area (Å²) in [5.41, 5.74) is 2.04. The summed E-state index contributed by atoms with van der Waals surface area (Å²) in [5.74, 6) is -0.140. The zero-order valence-corrected chi connectivity index (χ0v) is 12.8. The lowest BCUT2D eigenvalue weighted by Crippen LogP contribution is -2.52. The van der Waals surface area contributed by atoms with E-state index in [1.165, 1.54) is 12.8 Å². The molecule has 1 saturated carbocycles. The second-order valence-electron chi connectivity index (χ2n) is 6.05. The molecule has 1 N–H and O–H groups in total. The quantitative estimate of drug-likeness (QED) is 0.923. The van der Waals surface area contributed by atoms with E-state index in [0.717, 1.165) is 50.3 Å². The molecule has 1 aromatic carbocycles. The molecular weight excluding hydrogens is 267 g/mol. The van der Waals surface area contributed by atoms with Gasteiger partial charge in [0.05, 0.1) is 18.8 Å². The predicted octanol–water partition coefficient (Wildman–Crippen LogP) is 3.08. The van der Waals surface area contributed by atoms with Crippen LogP contribution >= 0.6 is 0 Å². The fraction of sp³-hybridized carbons (Fsp3) is 0.647. The molecule has 0 spiro atoms. The predicted molar refractivity (Wildman–Crippen MR) is 83.1 cm³/mol. The van der Waals surface area contributed by atoms with Gasteiger partial charge in [-0.2, -0.15) is 0 Å². The number of benzene rings is 1. The lowest BCUT2D eigenvalue weighted by atomic mass is 9.89. The molecule has 0 aromatic heterocycles. The highest BCUT2D eigenvalue weighted by Crippen LogP contribution is 2.32. The maximum atomic E-state index is 13.9. The van der Waals surface area contributed by atoms with Crippen molar-refractivity contribution in [3.8, 4) is 0 Å². The van der Waals surface area contributed by atoms with Crippen molar-refractivity contribution in [3.05, 3.63) is 29.6 Å². The second-order valence-corrected chi connectivity index (χ2v) is 6.05. The first-order valence-corrected chi connectivity index (χ1v) is 8.16. The van der Waals surface area contributed by atoms with E-state index < -0.39 is 0 Å². The molecule has 21 heavy (non-hydrogen) atoms. The van der Waals surface area contributed by atoms with Crippen LogP contribution in [0.1, 0.15) is 38.2 Å². The Morgan fingerprint density at radius 3 is 3.00 bits per heavy atom. The number of ether oxygens (including phenoxy) is 1. The van der Waals surface area contributed by atoms with Crippen LogP contribution < -0.4 is 10.2 Å². The molecule has 2 atom stereocenters. The van der Waals surface area contributed by atoms with Gasteiger partial charge in [-0.3, -0.25) is 0 Å². The zero-order chi connectivity index (χ0) is 14.7. The maximum Gasteiger partial charge on any atom is 0.125 e. The van der Waals surface area contributed by atoms with Crippen molar-refractivity contribution in [1.82, 2.24) is 5.32 Å². The van der Waals surface area contributed by atoms with Crippen LogP contribution in [-0.2, 0) is 11.3 Å². The third kappa shape index (κ3) is 3.38. The number of anilines is 1. The monoisotopic (exact) mass is 292 g/mol. The smallest absolute Gasteiger partial charge is 0.125 e. The molecule has 1 aromatic rings. The third-order valence-corrected chi connectivity index (χ3v) is 4.59. The molecule has 1 aliphatic carbocycles. The SMILES string of the molecule is CCNCc1cc(F)cc(N2CCOC3CCCCC32)c1. The van der Waals surface area contributed by atoms with E-state index in [1.54, 1.807) is 12.1 Å². The summed E-state index contributed by atoms with van der Waals surface area (Å²) in [6, 6.07) is 5.85. The van der Waals surface area contributed by atoms with Gasteiger partial charge in [-0.15, -0.1) is 0 Å². The highest BCUT2D eigenvalue weighted by Gasteiger charge is 2.34. The number of nitrogens with one attached hydrogen (secondary N) is 1. The number of fused-ring (bicyclic) bond motifs is 1. The van der Waals surface area contributed by atoms with Crippen LogP contribution in [0.15, 0.2) is 18.2 Å². The Kier molecular flexibility index (Phi) is 4.76. The van der Waals surface area contributed by atoms with Gasteiger partial charge in [0.2, 0.25) is 0 Å². The summed E-state index contributed by atoms with van der Waals surface area (Å²) in [5, 5.41) is 3.27. The van der Waals surface area contributed by atoms with Gasteiger partial charge in [-0.1, -0.05) is 19.8 Å². The van der Waals surface area contributed by atoms with Gasteiger partial charge in [-0.05, 0) is 43.1 Å². The van der Waals surface area contributed by atoms with Crippen molar-refractivity contribution in [2.24, 2.45) is 0 Å². The molecule has 2 aliphatic rings. The van der Waals surface area contributed by atoms with Gasteiger partial charge in [-0.25, -0.2) is 4.39 Å². The summed E-state index contributed by atoms with van der Waals surface area (Å²) in [4.78, 5) is 2.37. The van der Waals surface area contributed by atoms with E-state index >= 15 is 0 Å². The normalized spacial score (nSPS) is 25.7. The van der Waals surface area contributed by atoms with Crippen LogP contribution in [-0.4, -0.2) is 31.8 Å². The second kappa shape index (κ2) is 6.75. The van der Waals surface area contributed by atoms with Crippen molar-refractivity contribution in [2.75, 3.05) is 24.6 Å². The van der Waals surface area contributed by atoms with Gasteiger partial charge >= 0.3 is 0 Å². The number of hydrogen-bond acceptors (Lipinski definition) is 3. The van der Waals surface area contributed by atoms with E-state index in [2.05, 4.69) is 23.2 Å². The Morgan fingerprint density at radius 1 is 1.29 bits per heavy atom. The van der Waals surface area contributed by atoms with Gasteiger partial charge < -0.3 is 15.0 Å². The number of morpholine rings is 1. The lowest BCUT2D eigenvalue weighted by molar-refractivity contribution is -0.00870. The Balaban J connectivity index is 1.82. The summed E-state index contributed by atoms with van der Waals surface area (Å²) < 4.78 is 19.9. The minimum atomic E-state index is -0.140. The fourth-order valence-electron chi connectivity index (χ4n) is 3.59. The number of nitrogens with zero attached hydrogens (tertiary/aromatic N) is 1. The molecule has 0 bridgehead atoms. The van der Waals surface area contributed by atoms with Crippen LogP contribution in [0.5, 0.6) is 0 Å². The summed E-state index contributed by atoms with van der Waals surface area (Å²) in [7, 11) is 0. The third-order valence-electron chi connectivity index (χ3n) is 4.59. The molecule has 0 radical (unpaired) electrons. The molecule has 3 nitrogen and oxygen atoms in total. The van der Waals surface area contributed by atoms with E-state index in [9.17, 15) is 4.39 Å². The molecule has 1 aliphatic heterocycles. The topological polar surface area (TPSA) is 24.5 Å². The van der Waals surface area contributed by atoms with Gasteiger partial charge in [0.15, 0.2) is 0 Å². The first-order valence-electron chi connectivity index (χ1n) is 8.16. The lowest BCUT2D eigenvalue weighted by Gasteiger charge is -2.45. The molecule has 0 amide bonds. The molecule has 2 fully saturated rings. The standard InChI is InChI=1S/C17H25FN2O/c1-2-19-12-13-9-14(18)11-15(10-13)20-7-8-21-17-6-4-3-5-16(17)20/h9-11,16-17,19H,2-8,12H2,1H3. The first kappa shape index (κ1) is 14.8. The van der Waals surface area contributed by atoms with Crippen LogP contribution in [0.4, 0.5) is 10.1 Å². The van der Waals surface area contributed by atoms with Crippen molar-refractivity contribution >= 4 is 5.69 Å². The molecule has 4 heteroatoms. The summed E-state index contributed by atoms with van der Waals surface area (Å²) >= 11 is 0. The Bertz CT molecular complexity index is 478. The largest absolute Gasteiger partial charge is 0.374 e. The molecule has 1 heterocycles. The maximum absolute atomic E-state index is 13.9. The average molecular weight is 292 g/mol. The Labute approximate surface area is 126 Å². The Morgan fingerprint density at radius 2 is 2.14 bits per heavy atom. The van der Waals surface area contributed by atoms with E-state index in [0.29, 0.717) is 12.1 Å². The van der Waals surface area contributed by atoms with Crippen molar-refractivity contribution < 1.29 is 9.13 Å². The number of hydrogen-bond donors (Lipinski definition) is 1. The minimum absolute atomic E-state index is 0.140. The number of rotatable bonds is 4. The van der Waals surface area contributed by atoms with Crippen LogP contribution in [0, 0.1) is 5.82 Å². The van der Waals surface area contributed by atoms with E-state index in [4.69, 9.17) is 4.74 Å². The Hall–Kier alpha value is -1.13. The van der Waals surface area contributed by atoms with Gasteiger partial charge in [0, 0.05) is 18.8 Å². The molecule has 1 saturated heterocycles. The van der Waals surface area contributed by atoms with Crippen LogP contribution in [0.3, 0.4) is 0 Å². The van der Waals surface area contributed by atoms with Gasteiger partial charge in [0.1, 0.15) is 5.82 Å². The molecule has 3 rings (SSSR count). The zero-order valence-electron chi connectivity index (χ0n) is 12.8. The van der Waals surface area contributed by atoms with E-state index in [-0.39, 0.29) is 5.82 Å². The van der Waals surface area contributed by atoms with E-state index in [1.807, 2.05) is 0 Å². The molecule has 116 valence electrons. The highest BCUT2D eigenvalue weighted by atomic mass is 19.1. The summed E-state index contributed by atoms with van der Waals surface area (Å²) in [6.07, 6.45) is 5.13. The summed E-state index contributed by atoms with van der Waals surface area (Å²) in [6.45, 7) is 5.30. The van der Waals surface area contributed by atoms with Gasteiger partial charge in [0.25, 0.3) is 0 Å². The average Bonchev–Trinajstić information content (AvgIpc) is 2.52. The minimum Gasteiger partial charge on any atom is -0.374 e. The first-order chi connectivity index (χ1) is 10.3. The molecule has 2 unspecified atom stereocenters. The van der Waals surface area contributed by atoms with Crippen molar-refractivity contribution in [1.29, 1.82) is 0 Å². The highest BCUT2D eigenvalue weighted by molar-refractivity contribution is 5.51. The van der Waals surface area contributed by atoms with Crippen LogP contribution in [0.25, 0.3) is 0 Å². The molecular formula is C17H25FN2O. The van der Waals surface area contributed by atoms with Crippen molar-refractivity contribution in [2.45, 2.75) is 51.3 Å².